The fourth-order valence-corrected chi connectivity index (χ4v) is 2.45. The van der Waals surface area contributed by atoms with Gasteiger partial charge in [0.15, 0.2) is 11.6 Å². The Bertz CT molecular complexity index is 795. The highest BCUT2D eigenvalue weighted by molar-refractivity contribution is 14.1. The van der Waals surface area contributed by atoms with Crippen molar-refractivity contribution in [3.63, 3.8) is 0 Å². The van der Waals surface area contributed by atoms with Gasteiger partial charge in [0.1, 0.15) is 5.69 Å². The lowest BCUT2D eigenvalue weighted by Gasteiger charge is -1.99. The van der Waals surface area contributed by atoms with Crippen LogP contribution in [0, 0.1) is 30.6 Å². The third-order valence-electron chi connectivity index (χ3n) is 2.45. The molecule has 0 saturated heterocycles. The summed E-state index contributed by atoms with van der Waals surface area (Å²) in [6.45, 7) is 0. The first kappa shape index (κ1) is 16.5. The topological polar surface area (TPSA) is 12.4 Å². The molecule has 0 spiro atoms. The molecule has 0 bridgehead atoms. The molecule has 2 rings (SSSR count). The van der Waals surface area contributed by atoms with E-state index >= 15 is 0 Å². The van der Waals surface area contributed by atoms with Gasteiger partial charge in [-0.15, -0.1) is 0 Å². The van der Waals surface area contributed by atoms with Gasteiger partial charge in [0.05, 0.1) is 5.16 Å². The number of thiocarbonyl (C=S) groups is 1. The molecule has 21 heavy (non-hydrogen) atoms. The quantitative estimate of drug-likeness (QED) is 0.214. The summed E-state index contributed by atoms with van der Waals surface area (Å²) in [7, 11) is 0. The van der Waals surface area contributed by atoms with Crippen LogP contribution in [0.4, 0.5) is 14.5 Å². The molecule has 6 heteroatoms. The van der Waals surface area contributed by atoms with Crippen molar-refractivity contribution in [1.82, 2.24) is 0 Å². The predicted molar refractivity (Wildman–Crippen MR) is 98.9 cm³/mol. The van der Waals surface area contributed by atoms with Crippen LogP contribution in [0.3, 0.4) is 0 Å². The van der Waals surface area contributed by atoms with E-state index in [1.807, 2.05) is 23.4 Å². The van der Waals surface area contributed by atoms with Crippen molar-refractivity contribution in [2.24, 2.45) is 4.99 Å². The van der Waals surface area contributed by atoms with Gasteiger partial charge in [0.25, 0.3) is 0 Å². The van der Waals surface area contributed by atoms with Gasteiger partial charge in [0, 0.05) is 18.3 Å². The molecule has 1 nitrogen and oxygen atoms in total. The summed E-state index contributed by atoms with van der Waals surface area (Å²) in [4.78, 5) is 3.35. The van der Waals surface area contributed by atoms with E-state index in [9.17, 15) is 8.78 Å². The second-order valence-electron chi connectivity index (χ2n) is 3.87. The molecule has 0 heterocycles. The third kappa shape index (κ3) is 4.30. The number of hydrogen-bond donors (Lipinski definition) is 0. The summed E-state index contributed by atoms with van der Waals surface area (Å²) in [5.41, 5.74) is 0.572. The molecule has 0 radical (unpaired) electrons. The Morgan fingerprint density at radius 2 is 1.52 bits per heavy atom. The fraction of sp³-hybridized carbons (Fsp3) is 0. The van der Waals surface area contributed by atoms with Crippen LogP contribution in [0.5, 0.6) is 0 Å². The molecule has 0 amide bonds. The maximum atomic E-state index is 13.7. The van der Waals surface area contributed by atoms with Crippen molar-refractivity contribution < 1.29 is 8.78 Å². The molecule has 0 aliphatic rings. The molecule has 0 aromatic heterocycles. The molecule has 0 fully saturated rings. The first-order valence-corrected chi connectivity index (χ1v) is 8.12. The van der Waals surface area contributed by atoms with Gasteiger partial charge < -0.3 is 0 Å². The van der Waals surface area contributed by atoms with Crippen molar-refractivity contribution in [3.8, 4) is 11.8 Å². The monoisotopic (exact) mass is 523 g/mol. The summed E-state index contributed by atoms with van der Waals surface area (Å²) < 4.78 is 29.5. The van der Waals surface area contributed by atoms with Crippen molar-refractivity contribution in [3.05, 3.63) is 60.2 Å². The molecular weight excluding hydrogens is 518 g/mol. The summed E-state index contributed by atoms with van der Waals surface area (Å²) in [5, 5.41) is 1.95. The van der Waals surface area contributed by atoms with Crippen LogP contribution in [0.1, 0.15) is 11.1 Å². The van der Waals surface area contributed by atoms with Gasteiger partial charge in [-0.3, -0.25) is 0 Å². The highest BCUT2D eigenvalue weighted by Crippen LogP contribution is 2.23. The zero-order chi connectivity index (χ0) is 15.4. The standard InChI is InChI=1S/C15H5F2I2NS/c16-11-5-10(6-12(17)15(11)20-8-21)2-1-9-3-4-13(18)14(19)7-9/h3-7H. The number of halogens is 4. The predicted octanol–water partition coefficient (Wildman–Crippen LogP) is 5.31. The van der Waals surface area contributed by atoms with E-state index in [1.54, 1.807) is 0 Å². The average molecular weight is 523 g/mol. The van der Waals surface area contributed by atoms with Gasteiger partial charge in [-0.1, -0.05) is 11.8 Å². The van der Waals surface area contributed by atoms with Crippen molar-refractivity contribution >= 4 is 68.2 Å². The first-order valence-electron chi connectivity index (χ1n) is 5.55. The Kier molecular flexibility index (Phi) is 5.81. The average Bonchev–Trinajstić information content (AvgIpc) is 2.44. The van der Waals surface area contributed by atoms with Gasteiger partial charge in [-0.25, -0.2) is 8.78 Å². The molecule has 2 aromatic carbocycles. The van der Waals surface area contributed by atoms with Crippen LogP contribution >= 0.6 is 57.4 Å². The second-order valence-corrected chi connectivity index (χ2v) is 6.38. The summed E-state index contributed by atoms with van der Waals surface area (Å²) in [6.07, 6.45) is 0. The lowest BCUT2D eigenvalue weighted by atomic mass is 10.1. The Morgan fingerprint density at radius 3 is 2.10 bits per heavy atom. The van der Waals surface area contributed by atoms with Gasteiger partial charge in [0.2, 0.25) is 0 Å². The molecule has 2 aromatic rings. The first-order chi connectivity index (χ1) is 10.0. The third-order valence-corrected chi connectivity index (χ3v) is 5.40. The number of nitrogens with zero attached hydrogens (tertiary/aromatic N) is 1. The van der Waals surface area contributed by atoms with Gasteiger partial charge in [-0.05, 0) is 87.7 Å². The lowest BCUT2D eigenvalue weighted by molar-refractivity contribution is 0.587. The van der Waals surface area contributed by atoms with Gasteiger partial charge >= 0.3 is 0 Å². The Hall–Kier alpha value is -0.880. The van der Waals surface area contributed by atoms with Crippen LogP contribution in [0.2, 0.25) is 0 Å². The van der Waals surface area contributed by atoms with E-state index < -0.39 is 17.3 Å². The Morgan fingerprint density at radius 1 is 0.905 bits per heavy atom. The number of hydrogen-bond acceptors (Lipinski definition) is 2. The van der Waals surface area contributed by atoms with E-state index in [4.69, 9.17) is 0 Å². The number of isothiocyanates is 1. The summed E-state index contributed by atoms with van der Waals surface area (Å²) in [6, 6.07) is 7.95. The smallest absolute Gasteiger partial charge is 0.153 e. The number of benzene rings is 2. The summed E-state index contributed by atoms with van der Waals surface area (Å²) in [5.74, 6) is 3.99. The maximum Gasteiger partial charge on any atom is 0.153 e. The summed E-state index contributed by atoms with van der Waals surface area (Å²) >= 11 is 8.77. The normalized spacial score (nSPS) is 9.52. The zero-order valence-electron chi connectivity index (χ0n) is 10.3. The van der Waals surface area contributed by atoms with Gasteiger partial charge in [-0.2, -0.15) is 4.99 Å². The Balaban J connectivity index is 2.39. The number of rotatable bonds is 1. The van der Waals surface area contributed by atoms with Crippen LogP contribution < -0.4 is 0 Å². The molecule has 0 aliphatic carbocycles. The second kappa shape index (κ2) is 7.40. The van der Waals surface area contributed by atoms with E-state index in [0.29, 0.717) is 0 Å². The molecule has 0 atom stereocenters. The largest absolute Gasteiger partial charge is 0.204 e. The van der Waals surface area contributed by atoms with E-state index in [2.05, 4.69) is 74.2 Å². The lowest BCUT2D eigenvalue weighted by Crippen LogP contribution is -1.87. The highest BCUT2D eigenvalue weighted by atomic mass is 127. The number of aliphatic imine (C=N–C) groups is 1. The molecule has 0 unspecified atom stereocenters. The molecular formula is C15H5F2I2NS. The van der Waals surface area contributed by atoms with Crippen molar-refractivity contribution in [1.29, 1.82) is 0 Å². The van der Waals surface area contributed by atoms with Crippen LogP contribution in [-0.2, 0) is 0 Å². The minimum atomic E-state index is -0.811. The minimum absolute atomic E-state index is 0.238. The molecule has 0 aliphatic heterocycles. The zero-order valence-corrected chi connectivity index (χ0v) is 15.4. The van der Waals surface area contributed by atoms with Crippen molar-refractivity contribution in [2.45, 2.75) is 0 Å². The molecule has 0 N–H and O–H groups in total. The fourth-order valence-electron chi connectivity index (χ4n) is 1.51. The van der Waals surface area contributed by atoms with Crippen LogP contribution in [0.15, 0.2) is 35.3 Å². The Labute approximate surface area is 153 Å². The SMILES string of the molecule is Fc1cc(C#Cc2ccc(I)c(I)c2)cc(F)c1N=C=S. The van der Waals surface area contributed by atoms with E-state index in [1.165, 1.54) is 0 Å². The molecule has 104 valence electrons. The van der Waals surface area contributed by atoms with E-state index in [-0.39, 0.29) is 5.56 Å². The molecule has 0 saturated carbocycles. The van der Waals surface area contributed by atoms with Crippen molar-refractivity contribution in [2.75, 3.05) is 0 Å². The van der Waals surface area contributed by atoms with Crippen LogP contribution in [0.25, 0.3) is 0 Å². The minimum Gasteiger partial charge on any atom is -0.204 e. The van der Waals surface area contributed by atoms with Crippen LogP contribution in [-0.4, -0.2) is 5.16 Å². The van der Waals surface area contributed by atoms with E-state index in [0.717, 1.165) is 24.8 Å². The maximum absolute atomic E-state index is 13.7. The highest BCUT2D eigenvalue weighted by Gasteiger charge is 2.09.